The Morgan fingerprint density at radius 3 is 1.34 bits per heavy atom. The number of hydrogen-bond acceptors (Lipinski definition) is 11. The summed E-state index contributed by atoms with van der Waals surface area (Å²) in [6.45, 7) is 3.78. The molecule has 1 fully saturated rings. The van der Waals surface area contributed by atoms with Gasteiger partial charge in [-0.1, -0.05) is 193 Å². The lowest BCUT2D eigenvalue weighted by Crippen LogP contribution is -2.60. The van der Waals surface area contributed by atoms with Crippen LogP contribution in [0, 0.1) is 0 Å². The first-order valence-electron chi connectivity index (χ1n) is 25.2. The van der Waals surface area contributed by atoms with Crippen molar-refractivity contribution in [1.29, 1.82) is 0 Å². The fourth-order valence-corrected chi connectivity index (χ4v) is 8.60. The normalized spacial score (nSPS) is 19.9. The van der Waals surface area contributed by atoms with Crippen molar-refractivity contribution in [2.75, 3.05) is 19.0 Å². The molecule has 62 heavy (non-hydrogen) atoms. The van der Waals surface area contributed by atoms with Crippen molar-refractivity contribution in [2.24, 2.45) is 0 Å². The number of unbranched alkanes of at least 4 members (excludes halogenated alkanes) is 29. The van der Waals surface area contributed by atoms with Crippen molar-refractivity contribution >= 4 is 22.1 Å². The number of aliphatic hydroxyl groups excluding tert-OH is 3. The van der Waals surface area contributed by atoms with Crippen molar-refractivity contribution < 1.29 is 56.8 Å². The number of esters is 2. The van der Waals surface area contributed by atoms with E-state index in [9.17, 15) is 37.9 Å². The fraction of sp³-hybridized carbons (Fsp3) is 0.918. The van der Waals surface area contributed by atoms with Crippen molar-refractivity contribution in [2.45, 2.75) is 269 Å². The molecule has 0 radical (unpaired) electrons. The number of carbonyl (C=O) groups is 2. The van der Waals surface area contributed by atoms with Gasteiger partial charge in [0.15, 0.2) is 12.4 Å². The van der Waals surface area contributed by atoms with Crippen LogP contribution >= 0.6 is 0 Å². The van der Waals surface area contributed by atoms with E-state index in [1.165, 1.54) is 154 Å². The van der Waals surface area contributed by atoms with E-state index in [1.54, 1.807) is 0 Å². The molecule has 366 valence electrons. The Morgan fingerprint density at radius 2 is 0.919 bits per heavy atom. The van der Waals surface area contributed by atoms with Crippen molar-refractivity contribution in [1.82, 2.24) is 0 Å². The van der Waals surface area contributed by atoms with Gasteiger partial charge in [-0.15, -0.1) is 0 Å². The van der Waals surface area contributed by atoms with Gasteiger partial charge in [0.25, 0.3) is 10.1 Å². The highest BCUT2D eigenvalue weighted by atomic mass is 32.2. The zero-order valence-electron chi connectivity index (χ0n) is 39.2. The zero-order chi connectivity index (χ0) is 45.5. The Bertz CT molecular complexity index is 1200. The number of carbonyl (C=O) groups excluding carboxylic acids is 2. The van der Waals surface area contributed by atoms with Gasteiger partial charge in [-0.05, 0) is 38.5 Å². The SMILES string of the molecule is CCCCCCCCCC/C=C\CCCCCCCCCCCCCC(=O)OC(COC(=O)CCCCCCCCCCCCC)COC1OC(CS(=O)(=O)O)C(O)C(O)C1O. The predicted octanol–water partition coefficient (Wildman–Crippen LogP) is 11.0. The van der Waals surface area contributed by atoms with Gasteiger partial charge in [0.05, 0.1) is 6.61 Å². The number of hydrogen-bond donors (Lipinski definition) is 4. The van der Waals surface area contributed by atoms with E-state index >= 15 is 0 Å². The first-order valence-corrected chi connectivity index (χ1v) is 26.9. The average Bonchev–Trinajstić information content (AvgIpc) is 3.24. The van der Waals surface area contributed by atoms with Gasteiger partial charge in [0.1, 0.15) is 36.8 Å². The van der Waals surface area contributed by atoms with E-state index in [0.29, 0.717) is 12.8 Å². The summed E-state index contributed by atoms with van der Waals surface area (Å²) in [5.74, 6) is -1.97. The summed E-state index contributed by atoms with van der Waals surface area (Å²) >= 11 is 0. The Balaban J connectivity index is 2.33. The molecule has 1 heterocycles. The van der Waals surface area contributed by atoms with Crippen LogP contribution in [0.25, 0.3) is 0 Å². The van der Waals surface area contributed by atoms with Crippen LogP contribution in [-0.4, -0.2) is 96.0 Å². The Morgan fingerprint density at radius 1 is 0.532 bits per heavy atom. The van der Waals surface area contributed by atoms with E-state index < -0.39 is 71.2 Å². The van der Waals surface area contributed by atoms with E-state index in [4.69, 9.17) is 18.9 Å². The molecule has 0 aromatic carbocycles. The van der Waals surface area contributed by atoms with Gasteiger partial charge >= 0.3 is 11.9 Å². The molecule has 1 saturated heterocycles. The minimum Gasteiger partial charge on any atom is -0.462 e. The number of aliphatic hydroxyl groups is 3. The van der Waals surface area contributed by atoms with Crippen molar-refractivity contribution in [3.8, 4) is 0 Å². The molecular weight excluding hydrogens is 813 g/mol. The van der Waals surface area contributed by atoms with Crippen LogP contribution in [0.15, 0.2) is 12.2 Å². The molecule has 0 amide bonds. The third kappa shape index (κ3) is 33.8. The largest absolute Gasteiger partial charge is 0.462 e. The summed E-state index contributed by atoms with van der Waals surface area (Å²) in [6, 6.07) is 0. The fourth-order valence-electron chi connectivity index (χ4n) is 7.91. The Labute approximate surface area is 377 Å². The third-order valence-corrected chi connectivity index (χ3v) is 12.6. The number of ether oxygens (including phenoxy) is 4. The van der Waals surface area contributed by atoms with Crippen LogP contribution < -0.4 is 0 Å². The molecule has 4 N–H and O–H groups in total. The lowest BCUT2D eigenvalue weighted by atomic mass is 10.00. The van der Waals surface area contributed by atoms with Crippen LogP contribution in [0.5, 0.6) is 0 Å². The summed E-state index contributed by atoms with van der Waals surface area (Å²) in [7, 11) is -4.60. The quantitative estimate of drug-likeness (QED) is 0.0197. The van der Waals surface area contributed by atoms with Gasteiger partial charge in [0, 0.05) is 12.8 Å². The molecule has 13 heteroatoms. The Kier molecular flexibility index (Phi) is 37.4. The summed E-state index contributed by atoms with van der Waals surface area (Å²) < 4.78 is 54.1. The lowest BCUT2D eigenvalue weighted by molar-refractivity contribution is -0.297. The van der Waals surface area contributed by atoms with Gasteiger partial charge in [0.2, 0.25) is 0 Å². The first kappa shape index (κ1) is 58.4. The zero-order valence-corrected chi connectivity index (χ0v) is 40.1. The molecule has 6 unspecified atom stereocenters. The molecule has 1 aliphatic rings. The summed E-state index contributed by atoms with van der Waals surface area (Å²) in [4.78, 5) is 25.4. The molecule has 1 rings (SSSR count). The molecule has 1 aliphatic heterocycles. The maximum atomic E-state index is 12.8. The summed E-state index contributed by atoms with van der Waals surface area (Å²) in [5.41, 5.74) is 0. The topological polar surface area (TPSA) is 186 Å². The molecule has 6 atom stereocenters. The van der Waals surface area contributed by atoms with Gasteiger partial charge in [-0.2, -0.15) is 8.42 Å². The molecule has 0 aromatic heterocycles. The molecule has 0 bridgehead atoms. The Hall–Kier alpha value is -1.61. The highest BCUT2D eigenvalue weighted by molar-refractivity contribution is 7.85. The summed E-state index contributed by atoms with van der Waals surface area (Å²) in [5, 5.41) is 30.9. The van der Waals surface area contributed by atoms with E-state index in [2.05, 4.69) is 26.0 Å². The van der Waals surface area contributed by atoms with Gasteiger partial charge in [-0.25, -0.2) is 0 Å². The smallest absolute Gasteiger partial charge is 0.306 e. The molecule has 0 aliphatic carbocycles. The lowest BCUT2D eigenvalue weighted by Gasteiger charge is -2.40. The van der Waals surface area contributed by atoms with Crippen LogP contribution in [0.2, 0.25) is 0 Å². The van der Waals surface area contributed by atoms with E-state index in [0.717, 1.165) is 38.5 Å². The molecule has 12 nitrogen and oxygen atoms in total. The predicted molar refractivity (Wildman–Crippen MR) is 247 cm³/mol. The number of allylic oxidation sites excluding steroid dienone is 2. The average molecular weight is 905 g/mol. The standard InChI is InChI=1S/C49H92O12S/c1-3-5-7-9-11-13-15-16-17-18-19-20-21-22-23-24-25-26-28-30-32-34-36-38-45(51)60-42(39-58-44(50)37-35-33-31-29-27-14-12-10-8-6-4-2)40-59-49-48(54)47(53)46(52)43(61-49)41-62(55,56)57/h18-19,42-43,46-49,52-54H,3-17,20-41H2,1-2H3,(H,55,56,57)/b19-18-. The second-order valence-corrected chi connectivity index (χ2v) is 19.3. The van der Waals surface area contributed by atoms with Crippen LogP contribution in [0.3, 0.4) is 0 Å². The first-order chi connectivity index (χ1) is 30.0. The number of rotatable bonds is 43. The van der Waals surface area contributed by atoms with Crippen LogP contribution in [0.4, 0.5) is 0 Å². The minimum absolute atomic E-state index is 0.168. The minimum atomic E-state index is -4.60. The molecule has 0 aromatic rings. The summed E-state index contributed by atoms with van der Waals surface area (Å²) in [6.07, 6.45) is 34.1. The maximum absolute atomic E-state index is 12.8. The monoisotopic (exact) mass is 905 g/mol. The van der Waals surface area contributed by atoms with Crippen molar-refractivity contribution in [3.05, 3.63) is 12.2 Å². The van der Waals surface area contributed by atoms with Crippen molar-refractivity contribution in [3.63, 3.8) is 0 Å². The van der Waals surface area contributed by atoms with Crippen LogP contribution in [-0.2, 0) is 38.7 Å². The van der Waals surface area contributed by atoms with E-state index in [1.807, 2.05) is 0 Å². The van der Waals surface area contributed by atoms with Gasteiger partial charge < -0.3 is 34.3 Å². The molecular formula is C49H92O12S. The maximum Gasteiger partial charge on any atom is 0.306 e. The molecule has 0 spiro atoms. The third-order valence-electron chi connectivity index (χ3n) is 11.8. The molecule has 0 saturated carbocycles. The second kappa shape index (κ2) is 39.7. The van der Waals surface area contributed by atoms with Crippen LogP contribution in [0.1, 0.15) is 232 Å². The van der Waals surface area contributed by atoms with E-state index in [-0.39, 0.29) is 19.4 Å². The van der Waals surface area contributed by atoms with Gasteiger partial charge in [-0.3, -0.25) is 14.1 Å². The highest BCUT2D eigenvalue weighted by Crippen LogP contribution is 2.24. The second-order valence-electron chi connectivity index (χ2n) is 17.8. The highest BCUT2D eigenvalue weighted by Gasteiger charge is 2.46.